The van der Waals surface area contributed by atoms with Gasteiger partial charge in [-0.05, 0) is 60.5 Å². The summed E-state index contributed by atoms with van der Waals surface area (Å²) in [6.07, 6.45) is 0.599. The zero-order chi connectivity index (χ0) is 20.8. The second-order valence-corrected chi connectivity index (χ2v) is 7.32. The smallest absolute Gasteiger partial charge is 0.317 e. The molecular weight excluding hydrogens is 394 g/mol. The van der Waals surface area contributed by atoms with Crippen molar-refractivity contribution in [3.63, 3.8) is 0 Å². The van der Waals surface area contributed by atoms with E-state index in [-0.39, 0.29) is 12.3 Å². The number of furan rings is 1. The van der Waals surface area contributed by atoms with Crippen LogP contribution >= 0.6 is 11.8 Å². The standard InChI is InChI=1S/C19H21N5O4S/c1-12-6-7-13(2)16(9-12)24-19(21-22-23-24)29-11-17(25)28-14(3)18(26)20-10-15-5-4-8-27-15/h4-9,14H,10-11H2,1-3H3,(H,20,26)/t14-/m1/s1. The number of amides is 1. The molecule has 29 heavy (non-hydrogen) atoms. The molecule has 0 saturated carbocycles. The average molecular weight is 415 g/mol. The highest BCUT2D eigenvalue weighted by atomic mass is 32.2. The monoisotopic (exact) mass is 415 g/mol. The molecule has 2 aromatic heterocycles. The van der Waals surface area contributed by atoms with Crippen molar-refractivity contribution in [1.82, 2.24) is 25.5 Å². The first-order valence-electron chi connectivity index (χ1n) is 8.92. The molecule has 3 aromatic rings. The fraction of sp³-hybridized carbons (Fsp3) is 0.316. The van der Waals surface area contributed by atoms with Gasteiger partial charge in [-0.2, -0.15) is 4.68 Å². The highest BCUT2D eigenvalue weighted by Crippen LogP contribution is 2.21. The number of tetrazole rings is 1. The highest BCUT2D eigenvalue weighted by Gasteiger charge is 2.19. The highest BCUT2D eigenvalue weighted by molar-refractivity contribution is 7.99. The number of hydrogen-bond acceptors (Lipinski definition) is 8. The Morgan fingerprint density at radius 2 is 2.14 bits per heavy atom. The number of carbonyl (C=O) groups excluding carboxylic acids is 2. The van der Waals surface area contributed by atoms with Gasteiger partial charge in [0.25, 0.3) is 5.91 Å². The minimum absolute atomic E-state index is 0.0267. The Bertz CT molecular complexity index is 986. The first kappa shape index (κ1) is 20.6. The fourth-order valence-electron chi connectivity index (χ4n) is 2.51. The Balaban J connectivity index is 1.53. The number of hydrogen-bond donors (Lipinski definition) is 1. The third-order valence-electron chi connectivity index (χ3n) is 4.05. The van der Waals surface area contributed by atoms with Crippen molar-refractivity contribution < 1.29 is 18.7 Å². The Morgan fingerprint density at radius 1 is 1.31 bits per heavy atom. The Hall–Kier alpha value is -3.14. The average Bonchev–Trinajstić information content (AvgIpc) is 3.38. The largest absolute Gasteiger partial charge is 0.467 e. The topological polar surface area (TPSA) is 112 Å². The number of aryl methyl sites for hydroxylation is 2. The van der Waals surface area contributed by atoms with Crippen molar-refractivity contribution >= 4 is 23.6 Å². The second-order valence-electron chi connectivity index (χ2n) is 6.38. The van der Waals surface area contributed by atoms with Crippen LogP contribution in [0.1, 0.15) is 23.8 Å². The van der Waals surface area contributed by atoms with Crippen molar-refractivity contribution in [1.29, 1.82) is 0 Å². The van der Waals surface area contributed by atoms with Crippen molar-refractivity contribution in [3.8, 4) is 5.69 Å². The third-order valence-corrected chi connectivity index (χ3v) is 4.94. The lowest BCUT2D eigenvalue weighted by atomic mass is 10.1. The van der Waals surface area contributed by atoms with Crippen molar-refractivity contribution in [2.24, 2.45) is 0 Å². The van der Waals surface area contributed by atoms with Gasteiger partial charge in [0, 0.05) is 0 Å². The molecular formula is C19H21N5O4S. The number of carbonyl (C=O) groups is 2. The lowest BCUT2D eigenvalue weighted by Crippen LogP contribution is -2.35. The summed E-state index contributed by atoms with van der Waals surface area (Å²) in [5.74, 6) is -0.349. The molecule has 0 spiro atoms. The summed E-state index contributed by atoms with van der Waals surface area (Å²) < 4.78 is 11.9. The molecule has 0 aliphatic carbocycles. The van der Waals surface area contributed by atoms with E-state index in [1.807, 2.05) is 32.0 Å². The third kappa shape index (κ3) is 5.44. The number of ether oxygens (including phenoxy) is 1. The zero-order valence-corrected chi connectivity index (χ0v) is 17.1. The van der Waals surface area contributed by atoms with Crippen LogP contribution < -0.4 is 5.32 Å². The van der Waals surface area contributed by atoms with Crippen molar-refractivity contribution in [3.05, 3.63) is 53.5 Å². The molecule has 0 aliphatic heterocycles. The van der Waals surface area contributed by atoms with Gasteiger partial charge in [-0.3, -0.25) is 9.59 Å². The van der Waals surface area contributed by atoms with Crippen LogP contribution in [0.25, 0.3) is 5.69 Å². The van der Waals surface area contributed by atoms with Crippen LogP contribution in [0.3, 0.4) is 0 Å². The summed E-state index contributed by atoms with van der Waals surface area (Å²) in [7, 11) is 0. The van der Waals surface area contributed by atoms with Gasteiger partial charge in [0.05, 0.1) is 24.2 Å². The number of benzene rings is 1. The number of aromatic nitrogens is 4. The molecule has 2 heterocycles. The molecule has 0 unspecified atom stereocenters. The van der Waals surface area contributed by atoms with Gasteiger partial charge in [-0.25, -0.2) is 0 Å². The molecule has 9 nitrogen and oxygen atoms in total. The van der Waals surface area contributed by atoms with Crippen molar-refractivity contribution in [2.45, 2.75) is 38.6 Å². The number of nitrogens with one attached hydrogen (secondary N) is 1. The molecule has 0 saturated heterocycles. The lowest BCUT2D eigenvalue weighted by Gasteiger charge is -2.13. The predicted molar refractivity (Wildman–Crippen MR) is 105 cm³/mol. The predicted octanol–water partition coefficient (Wildman–Crippen LogP) is 2.21. The molecule has 1 amide bonds. The summed E-state index contributed by atoms with van der Waals surface area (Å²) in [4.78, 5) is 24.2. The molecule has 0 bridgehead atoms. The molecule has 1 N–H and O–H groups in total. The number of thioether (sulfide) groups is 1. The van der Waals surface area contributed by atoms with Crippen LogP contribution in [0.4, 0.5) is 0 Å². The minimum atomic E-state index is -0.923. The van der Waals surface area contributed by atoms with E-state index < -0.39 is 18.0 Å². The maximum atomic E-state index is 12.1. The quantitative estimate of drug-likeness (QED) is 0.440. The van der Waals surface area contributed by atoms with Crippen molar-refractivity contribution in [2.75, 3.05) is 5.75 Å². The van der Waals surface area contributed by atoms with E-state index in [1.54, 1.807) is 16.8 Å². The van der Waals surface area contributed by atoms with Crippen LogP contribution in [0, 0.1) is 13.8 Å². The molecule has 1 aromatic carbocycles. The fourth-order valence-corrected chi connectivity index (χ4v) is 3.17. The first-order chi connectivity index (χ1) is 13.9. The molecule has 0 radical (unpaired) electrons. The SMILES string of the molecule is Cc1ccc(C)c(-n2nnnc2SCC(=O)O[C@H](C)C(=O)NCc2ccco2)c1. The van der Waals surface area contributed by atoms with E-state index >= 15 is 0 Å². The Kier molecular flexibility index (Phi) is 6.65. The van der Waals surface area contributed by atoms with Crippen LogP contribution in [-0.4, -0.2) is 43.9 Å². The number of rotatable bonds is 8. The zero-order valence-electron chi connectivity index (χ0n) is 16.3. The normalized spacial score (nSPS) is 11.8. The van der Waals surface area contributed by atoms with E-state index in [9.17, 15) is 9.59 Å². The van der Waals surface area contributed by atoms with Crippen LogP contribution in [0.5, 0.6) is 0 Å². The molecule has 1 atom stereocenters. The van der Waals surface area contributed by atoms with Gasteiger partial charge >= 0.3 is 5.97 Å². The molecule has 0 aliphatic rings. The first-order valence-corrected chi connectivity index (χ1v) is 9.91. The van der Waals surface area contributed by atoms with Gasteiger partial charge in [-0.15, -0.1) is 5.10 Å². The van der Waals surface area contributed by atoms with Crippen LogP contribution in [0.2, 0.25) is 0 Å². The van der Waals surface area contributed by atoms with Gasteiger partial charge in [0.15, 0.2) is 6.10 Å². The van der Waals surface area contributed by atoms with Crippen LogP contribution in [-0.2, 0) is 20.9 Å². The molecule has 3 rings (SSSR count). The Labute approximate surface area is 171 Å². The minimum Gasteiger partial charge on any atom is -0.467 e. The van der Waals surface area contributed by atoms with E-state index in [4.69, 9.17) is 9.15 Å². The number of nitrogens with zero attached hydrogens (tertiary/aromatic N) is 4. The maximum absolute atomic E-state index is 12.1. The lowest BCUT2D eigenvalue weighted by molar-refractivity contribution is -0.152. The van der Waals surface area contributed by atoms with E-state index in [2.05, 4.69) is 20.8 Å². The molecule has 152 valence electrons. The van der Waals surface area contributed by atoms with Gasteiger partial charge in [0.1, 0.15) is 5.76 Å². The summed E-state index contributed by atoms with van der Waals surface area (Å²) in [6.45, 7) is 5.69. The summed E-state index contributed by atoms with van der Waals surface area (Å²) in [6, 6.07) is 9.44. The second kappa shape index (κ2) is 9.37. The van der Waals surface area contributed by atoms with E-state index in [0.29, 0.717) is 10.9 Å². The number of esters is 1. The van der Waals surface area contributed by atoms with Crippen LogP contribution in [0.15, 0.2) is 46.2 Å². The van der Waals surface area contributed by atoms with Gasteiger partial charge in [-0.1, -0.05) is 23.9 Å². The van der Waals surface area contributed by atoms with Gasteiger partial charge in [0.2, 0.25) is 5.16 Å². The maximum Gasteiger partial charge on any atom is 0.317 e. The summed E-state index contributed by atoms with van der Waals surface area (Å²) in [5.41, 5.74) is 2.93. The van der Waals surface area contributed by atoms with Gasteiger partial charge < -0.3 is 14.5 Å². The summed E-state index contributed by atoms with van der Waals surface area (Å²) in [5, 5.41) is 14.8. The molecule has 0 fully saturated rings. The Morgan fingerprint density at radius 3 is 2.90 bits per heavy atom. The summed E-state index contributed by atoms with van der Waals surface area (Å²) >= 11 is 1.14. The van der Waals surface area contributed by atoms with E-state index in [1.165, 1.54) is 13.2 Å². The molecule has 10 heteroatoms. The van der Waals surface area contributed by atoms with E-state index in [0.717, 1.165) is 28.6 Å².